The molecular formula is C15H23N3O. The molecule has 1 heterocycles. The lowest BCUT2D eigenvalue weighted by Gasteiger charge is -2.30. The van der Waals surface area contributed by atoms with E-state index < -0.39 is 0 Å². The second-order valence-electron chi connectivity index (χ2n) is 5.37. The Bertz CT molecular complexity index is 407. The molecule has 2 unspecified atom stereocenters. The van der Waals surface area contributed by atoms with Crippen LogP contribution in [0.15, 0.2) is 24.4 Å². The van der Waals surface area contributed by atoms with Crippen LogP contribution in [0.4, 0.5) is 0 Å². The molecule has 1 aliphatic carbocycles. The highest BCUT2D eigenvalue weighted by atomic mass is 16.2. The van der Waals surface area contributed by atoms with Crippen molar-refractivity contribution in [3.8, 4) is 0 Å². The Morgan fingerprint density at radius 1 is 1.47 bits per heavy atom. The number of carbonyl (C=O) groups is 1. The highest BCUT2D eigenvalue weighted by Gasteiger charge is 2.30. The lowest BCUT2D eigenvalue weighted by atomic mass is 9.78. The summed E-state index contributed by atoms with van der Waals surface area (Å²) in [5.41, 5.74) is 6.68. The van der Waals surface area contributed by atoms with Crippen LogP contribution in [0.5, 0.6) is 0 Å². The smallest absolute Gasteiger partial charge is 0.223 e. The average Bonchev–Trinajstić information content (AvgIpc) is 2.48. The molecular weight excluding hydrogens is 238 g/mol. The van der Waals surface area contributed by atoms with Gasteiger partial charge in [-0.3, -0.25) is 9.78 Å². The number of nitrogens with one attached hydrogen (secondary N) is 1. The van der Waals surface area contributed by atoms with Crippen LogP contribution in [0.2, 0.25) is 0 Å². The van der Waals surface area contributed by atoms with Crippen molar-refractivity contribution >= 4 is 5.91 Å². The van der Waals surface area contributed by atoms with Crippen LogP contribution in [0.3, 0.4) is 0 Å². The molecule has 104 valence electrons. The molecule has 4 nitrogen and oxygen atoms in total. The van der Waals surface area contributed by atoms with Crippen molar-refractivity contribution in [1.82, 2.24) is 10.3 Å². The predicted octanol–water partition coefficient (Wildman–Crippen LogP) is 2.02. The zero-order valence-electron chi connectivity index (χ0n) is 11.5. The number of amides is 1. The number of nitrogens with two attached hydrogens (primary N) is 1. The summed E-state index contributed by atoms with van der Waals surface area (Å²) in [6.07, 6.45) is 6.12. The molecule has 0 saturated heterocycles. The van der Waals surface area contributed by atoms with E-state index in [-0.39, 0.29) is 17.9 Å². The van der Waals surface area contributed by atoms with Crippen LogP contribution in [0, 0.1) is 11.8 Å². The molecule has 1 aliphatic rings. The zero-order chi connectivity index (χ0) is 13.7. The molecule has 19 heavy (non-hydrogen) atoms. The average molecular weight is 261 g/mol. The molecule has 1 amide bonds. The van der Waals surface area contributed by atoms with E-state index in [1.165, 1.54) is 6.42 Å². The number of pyridine rings is 1. The summed E-state index contributed by atoms with van der Waals surface area (Å²) in [5, 5.41) is 3.07. The number of hydrogen-bond acceptors (Lipinski definition) is 3. The Balaban J connectivity index is 1.96. The second-order valence-corrected chi connectivity index (χ2v) is 5.37. The molecule has 2 rings (SSSR count). The van der Waals surface area contributed by atoms with Crippen LogP contribution in [-0.4, -0.2) is 17.4 Å². The Kier molecular flexibility index (Phi) is 4.91. The summed E-state index contributed by atoms with van der Waals surface area (Å²) >= 11 is 0. The van der Waals surface area contributed by atoms with Crippen LogP contribution in [0.1, 0.15) is 44.3 Å². The molecule has 3 atom stereocenters. The third-order valence-electron chi connectivity index (χ3n) is 4.04. The van der Waals surface area contributed by atoms with Gasteiger partial charge in [-0.1, -0.05) is 18.9 Å². The largest absolute Gasteiger partial charge is 0.348 e. The fourth-order valence-corrected chi connectivity index (χ4v) is 2.86. The third kappa shape index (κ3) is 3.53. The quantitative estimate of drug-likeness (QED) is 0.871. The fraction of sp³-hybridized carbons (Fsp3) is 0.600. The molecule has 0 aliphatic heterocycles. The van der Waals surface area contributed by atoms with Gasteiger partial charge in [0.25, 0.3) is 0 Å². The Hall–Kier alpha value is -1.42. The van der Waals surface area contributed by atoms with E-state index in [1.54, 1.807) is 6.20 Å². The van der Waals surface area contributed by atoms with Gasteiger partial charge in [-0.25, -0.2) is 0 Å². The number of carbonyl (C=O) groups excluding carboxylic acids is 1. The minimum atomic E-state index is -0.0472. The van der Waals surface area contributed by atoms with Gasteiger partial charge in [-0.2, -0.15) is 0 Å². The highest BCUT2D eigenvalue weighted by Crippen LogP contribution is 2.29. The minimum absolute atomic E-state index is 0.0472. The molecule has 3 N–H and O–H groups in total. The summed E-state index contributed by atoms with van der Waals surface area (Å²) in [6, 6.07) is 5.71. The first-order chi connectivity index (χ1) is 9.22. The van der Waals surface area contributed by atoms with Gasteiger partial charge in [0, 0.05) is 12.1 Å². The van der Waals surface area contributed by atoms with E-state index in [9.17, 15) is 4.79 Å². The summed E-state index contributed by atoms with van der Waals surface area (Å²) in [7, 11) is 0. The van der Waals surface area contributed by atoms with E-state index in [0.29, 0.717) is 12.5 Å². The van der Waals surface area contributed by atoms with Gasteiger partial charge in [0.15, 0.2) is 0 Å². The minimum Gasteiger partial charge on any atom is -0.348 e. The van der Waals surface area contributed by atoms with Gasteiger partial charge < -0.3 is 11.1 Å². The van der Waals surface area contributed by atoms with Crippen molar-refractivity contribution in [1.29, 1.82) is 0 Å². The molecule has 1 fully saturated rings. The van der Waals surface area contributed by atoms with Crippen LogP contribution in [0.25, 0.3) is 0 Å². The maximum absolute atomic E-state index is 12.4. The number of aromatic nitrogens is 1. The number of rotatable bonds is 4. The van der Waals surface area contributed by atoms with Gasteiger partial charge in [-0.05, 0) is 44.4 Å². The van der Waals surface area contributed by atoms with Gasteiger partial charge in [-0.15, -0.1) is 0 Å². The maximum atomic E-state index is 12.4. The van der Waals surface area contributed by atoms with Gasteiger partial charge in [0.2, 0.25) is 5.91 Å². The van der Waals surface area contributed by atoms with E-state index in [2.05, 4.69) is 10.3 Å². The summed E-state index contributed by atoms with van der Waals surface area (Å²) in [5.74, 6) is 0.544. The summed E-state index contributed by atoms with van der Waals surface area (Å²) in [6.45, 7) is 2.58. The predicted molar refractivity (Wildman–Crippen MR) is 75.3 cm³/mol. The molecule has 0 bridgehead atoms. The Morgan fingerprint density at radius 3 is 2.95 bits per heavy atom. The van der Waals surface area contributed by atoms with Crippen molar-refractivity contribution in [2.45, 2.75) is 38.6 Å². The van der Waals surface area contributed by atoms with Crippen LogP contribution in [-0.2, 0) is 4.79 Å². The van der Waals surface area contributed by atoms with Crippen molar-refractivity contribution < 1.29 is 4.79 Å². The van der Waals surface area contributed by atoms with E-state index >= 15 is 0 Å². The Morgan fingerprint density at radius 2 is 2.26 bits per heavy atom. The van der Waals surface area contributed by atoms with Crippen LogP contribution < -0.4 is 11.1 Å². The van der Waals surface area contributed by atoms with Crippen molar-refractivity contribution in [3.63, 3.8) is 0 Å². The van der Waals surface area contributed by atoms with E-state index in [0.717, 1.165) is 25.0 Å². The first-order valence-corrected chi connectivity index (χ1v) is 7.13. The molecule has 0 radical (unpaired) electrons. The van der Waals surface area contributed by atoms with Crippen molar-refractivity contribution in [3.05, 3.63) is 30.1 Å². The van der Waals surface area contributed by atoms with E-state index in [4.69, 9.17) is 5.73 Å². The molecule has 1 aromatic rings. The van der Waals surface area contributed by atoms with Crippen LogP contribution >= 0.6 is 0 Å². The number of hydrogen-bond donors (Lipinski definition) is 2. The Labute approximate surface area is 114 Å². The fourth-order valence-electron chi connectivity index (χ4n) is 2.86. The highest BCUT2D eigenvalue weighted by molar-refractivity contribution is 5.79. The maximum Gasteiger partial charge on any atom is 0.223 e. The summed E-state index contributed by atoms with van der Waals surface area (Å²) in [4.78, 5) is 16.6. The zero-order valence-corrected chi connectivity index (χ0v) is 11.5. The standard InChI is InChI=1S/C15H23N3O/c1-11(14-8-4-5-9-17-14)18-15(19)13-7-3-2-6-12(13)10-16/h4-5,8-9,11-13H,2-3,6-7,10,16H2,1H3,(H,18,19)/t11-,12?,13?/m0/s1. The molecule has 1 saturated carbocycles. The SMILES string of the molecule is C[C@H](NC(=O)C1CCCCC1CN)c1ccccn1. The molecule has 0 spiro atoms. The first kappa shape index (κ1) is 14.0. The summed E-state index contributed by atoms with van der Waals surface area (Å²) < 4.78 is 0. The third-order valence-corrected chi connectivity index (χ3v) is 4.04. The molecule has 1 aromatic heterocycles. The van der Waals surface area contributed by atoms with Gasteiger partial charge >= 0.3 is 0 Å². The van der Waals surface area contributed by atoms with Crippen molar-refractivity contribution in [2.24, 2.45) is 17.6 Å². The first-order valence-electron chi connectivity index (χ1n) is 7.13. The normalized spacial score (nSPS) is 24.7. The van der Waals surface area contributed by atoms with E-state index in [1.807, 2.05) is 25.1 Å². The monoisotopic (exact) mass is 261 g/mol. The lowest BCUT2D eigenvalue weighted by Crippen LogP contribution is -2.40. The topological polar surface area (TPSA) is 68.0 Å². The lowest BCUT2D eigenvalue weighted by molar-refractivity contribution is -0.128. The van der Waals surface area contributed by atoms with Crippen molar-refractivity contribution in [2.75, 3.05) is 6.54 Å². The second kappa shape index (κ2) is 6.66. The number of nitrogens with zero attached hydrogens (tertiary/aromatic N) is 1. The molecule has 0 aromatic carbocycles. The van der Waals surface area contributed by atoms with Gasteiger partial charge in [0.1, 0.15) is 0 Å². The van der Waals surface area contributed by atoms with Gasteiger partial charge in [0.05, 0.1) is 11.7 Å². The molecule has 4 heteroatoms.